The highest BCUT2D eigenvalue weighted by Crippen LogP contribution is 2.31. The summed E-state index contributed by atoms with van der Waals surface area (Å²) in [5, 5.41) is 1.23. The van der Waals surface area contributed by atoms with E-state index in [4.69, 9.17) is 0 Å². The number of hydrogen-bond donors (Lipinski definition) is 1. The molecule has 136 valence electrons. The Bertz CT molecular complexity index is 1000. The standard InChI is InChI=1S/C20H23N3O2S/c1-26(24,25)23-13-11-22(12-14-23)15-18-17-9-5-6-10-19(17)21-20(18)16-7-3-2-4-8-16/h2-10,21H,11-15H2,1H3. The average molecular weight is 369 g/mol. The summed E-state index contributed by atoms with van der Waals surface area (Å²) in [5.74, 6) is 0. The van der Waals surface area contributed by atoms with Gasteiger partial charge in [0.2, 0.25) is 10.0 Å². The summed E-state index contributed by atoms with van der Waals surface area (Å²) < 4.78 is 25.0. The number of H-pyrrole nitrogens is 1. The van der Waals surface area contributed by atoms with Crippen molar-refractivity contribution >= 4 is 20.9 Å². The summed E-state index contributed by atoms with van der Waals surface area (Å²) in [7, 11) is -3.10. The van der Waals surface area contributed by atoms with E-state index in [0.29, 0.717) is 13.1 Å². The van der Waals surface area contributed by atoms with E-state index in [9.17, 15) is 8.42 Å². The maximum absolute atomic E-state index is 11.7. The number of nitrogens with one attached hydrogen (secondary N) is 1. The number of piperazine rings is 1. The quantitative estimate of drug-likeness (QED) is 0.769. The van der Waals surface area contributed by atoms with E-state index in [-0.39, 0.29) is 0 Å². The molecule has 2 heterocycles. The van der Waals surface area contributed by atoms with Gasteiger partial charge in [0.1, 0.15) is 0 Å². The van der Waals surface area contributed by atoms with Gasteiger partial charge in [-0.3, -0.25) is 4.90 Å². The molecular formula is C20H23N3O2S. The largest absolute Gasteiger partial charge is 0.354 e. The first-order valence-corrected chi connectivity index (χ1v) is 10.7. The van der Waals surface area contributed by atoms with Crippen molar-refractivity contribution in [2.75, 3.05) is 32.4 Å². The molecule has 3 aromatic rings. The van der Waals surface area contributed by atoms with E-state index in [0.717, 1.165) is 30.8 Å². The van der Waals surface area contributed by atoms with Gasteiger partial charge in [0.05, 0.1) is 11.9 Å². The Balaban J connectivity index is 1.64. The van der Waals surface area contributed by atoms with Gasteiger partial charge in [0.25, 0.3) is 0 Å². The fourth-order valence-electron chi connectivity index (χ4n) is 3.66. The molecule has 26 heavy (non-hydrogen) atoms. The van der Waals surface area contributed by atoms with Gasteiger partial charge in [-0.15, -0.1) is 0 Å². The first-order valence-electron chi connectivity index (χ1n) is 8.85. The Labute approximate surface area is 154 Å². The SMILES string of the molecule is CS(=O)(=O)N1CCN(Cc2c(-c3ccccc3)[nH]c3ccccc23)CC1. The van der Waals surface area contributed by atoms with Crippen LogP contribution in [0, 0.1) is 0 Å². The van der Waals surface area contributed by atoms with Crippen molar-refractivity contribution in [3.63, 3.8) is 0 Å². The van der Waals surface area contributed by atoms with Crippen molar-refractivity contribution in [1.82, 2.24) is 14.2 Å². The molecule has 0 aliphatic carbocycles. The van der Waals surface area contributed by atoms with Crippen LogP contribution in [-0.2, 0) is 16.6 Å². The fourth-order valence-corrected chi connectivity index (χ4v) is 4.48. The van der Waals surface area contributed by atoms with Gasteiger partial charge in [-0.1, -0.05) is 48.5 Å². The lowest BCUT2D eigenvalue weighted by Crippen LogP contribution is -2.47. The fraction of sp³-hybridized carbons (Fsp3) is 0.300. The molecule has 0 amide bonds. The predicted molar refractivity (Wildman–Crippen MR) is 105 cm³/mol. The van der Waals surface area contributed by atoms with E-state index in [1.165, 1.54) is 22.8 Å². The van der Waals surface area contributed by atoms with Crippen molar-refractivity contribution < 1.29 is 8.42 Å². The topological polar surface area (TPSA) is 56.4 Å². The average Bonchev–Trinajstić information content (AvgIpc) is 3.01. The van der Waals surface area contributed by atoms with Crippen LogP contribution in [0.2, 0.25) is 0 Å². The molecule has 0 bridgehead atoms. The van der Waals surface area contributed by atoms with E-state index in [1.54, 1.807) is 4.31 Å². The van der Waals surface area contributed by atoms with Crippen LogP contribution in [0.3, 0.4) is 0 Å². The van der Waals surface area contributed by atoms with Crippen LogP contribution in [-0.4, -0.2) is 55.0 Å². The molecule has 0 unspecified atom stereocenters. The number of aromatic amines is 1. The molecule has 1 aromatic heterocycles. The second kappa shape index (κ2) is 6.87. The molecule has 6 heteroatoms. The van der Waals surface area contributed by atoms with Gasteiger partial charge in [-0.2, -0.15) is 4.31 Å². The van der Waals surface area contributed by atoms with Crippen LogP contribution in [0.25, 0.3) is 22.2 Å². The third kappa shape index (κ3) is 3.40. The van der Waals surface area contributed by atoms with Crippen molar-refractivity contribution in [2.45, 2.75) is 6.54 Å². The molecule has 1 aliphatic rings. The summed E-state index contributed by atoms with van der Waals surface area (Å²) in [6.45, 7) is 3.43. The smallest absolute Gasteiger partial charge is 0.211 e. The Morgan fingerprint density at radius 1 is 0.923 bits per heavy atom. The lowest BCUT2D eigenvalue weighted by molar-refractivity contribution is 0.183. The first-order chi connectivity index (χ1) is 12.5. The number of rotatable bonds is 4. The van der Waals surface area contributed by atoms with Gasteiger partial charge in [0.15, 0.2) is 0 Å². The van der Waals surface area contributed by atoms with Gasteiger partial charge in [-0.25, -0.2) is 8.42 Å². The number of fused-ring (bicyclic) bond motifs is 1. The zero-order chi connectivity index (χ0) is 18.1. The van der Waals surface area contributed by atoms with Gasteiger partial charge in [0, 0.05) is 43.6 Å². The van der Waals surface area contributed by atoms with Crippen molar-refractivity contribution in [1.29, 1.82) is 0 Å². The summed E-state index contributed by atoms with van der Waals surface area (Å²) in [6, 6.07) is 18.7. The number of nitrogens with zero attached hydrogens (tertiary/aromatic N) is 2. The molecule has 5 nitrogen and oxygen atoms in total. The van der Waals surface area contributed by atoms with Crippen LogP contribution >= 0.6 is 0 Å². The molecule has 0 radical (unpaired) electrons. The highest BCUT2D eigenvalue weighted by Gasteiger charge is 2.24. The van der Waals surface area contributed by atoms with E-state index < -0.39 is 10.0 Å². The summed E-state index contributed by atoms with van der Waals surface area (Å²) in [5.41, 5.74) is 4.74. The minimum Gasteiger partial charge on any atom is -0.354 e. The predicted octanol–water partition coefficient (Wildman–Crippen LogP) is 2.91. The monoisotopic (exact) mass is 369 g/mol. The molecule has 1 aliphatic heterocycles. The highest BCUT2D eigenvalue weighted by molar-refractivity contribution is 7.88. The molecule has 0 atom stereocenters. The lowest BCUT2D eigenvalue weighted by Gasteiger charge is -2.33. The van der Waals surface area contributed by atoms with Crippen molar-refractivity contribution in [3.8, 4) is 11.3 Å². The number of aromatic nitrogens is 1. The Kier molecular flexibility index (Phi) is 4.56. The third-order valence-electron chi connectivity index (χ3n) is 5.06. The Morgan fingerprint density at radius 3 is 2.27 bits per heavy atom. The highest BCUT2D eigenvalue weighted by atomic mass is 32.2. The summed E-state index contributed by atoms with van der Waals surface area (Å²) in [6.07, 6.45) is 1.29. The molecule has 1 fully saturated rings. The van der Waals surface area contributed by atoms with Gasteiger partial charge in [-0.05, 0) is 17.2 Å². The van der Waals surface area contributed by atoms with E-state index in [2.05, 4.69) is 52.3 Å². The number of benzene rings is 2. The molecule has 1 N–H and O–H groups in total. The second-order valence-corrected chi connectivity index (χ2v) is 8.81. The molecule has 0 spiro atoms. The Morgan fingerprint density at radius 2 is 1.58 bits per heavy atom. The van der Waals surface area contributed by atoms with Crippen molar-refractivity contribution in [2.24, 2.45) is 0 Å². The summed E-state index contributed by atoms with van der Waals surface area (Å²) >= 11 is 0. The molecule has 4 rings (SSSR count). The van der Waals surface area contributed by atoms with Crippen LogP contribution in [0.15, 0.2) is 54.6 Å². The number of para-hydroxylation sites is 1. The summed E-state index contributed by atoms with van der Waals surface area (Å²) in [4.78, 5) is 5.91. The third-order valence-corrected chi connectivity index (χ3v) is 6.36. The Hall–Kier alpha value is -2.15. The van der Waals surface area contributed by atoms with Crippen LogP contribution in [0.5, 0.6) is 0 Å². The van der Waals surface area contributed by atoms with E-state index >= 15 is 0 Å². The van der Waals surface area contributed by atoms with Gasteiger partial charge >= 0.3 is 0 Å². The molecule has 1 saturated heterocycles. The van der Waals surface area contributed by atoms with Crippen LogP contribution in [0.4, 0.5) is 0 Å². The molecule has 0 saturated carbocycles. The maximum Gasteiger partial charge on any atom is 0.211 e. The second-order valence-electron chi connectivity index (χ2n) is 6.83. The number of hydrogen-bond acceptors (Lipinski definition) is 3. The van der Waals surface area contributed by atoms with Crippen LogP contribution in [0.1, 0.15) is 5.56 Å². The minimum absolute atomic E-state index is 0.557. The number of sulfonamides is 1. The van der Waals surface area contributed by atoms with Crippen LogP contribution < -0.4 is 0 Å². The first kappa shape index (κ1) is 17.3. The lowest BCUT2D eigenvalue weighted by atomic mass is 10.0. The zero-order valence-corrected chi connectivity index (χ0v) is 15.7. The maximum atomic E-state index is 11.7. The molecular weight excluding hydrogens is 346 g/mol. The normalized spacial score (nSPS) is 17.0. The minimum atomic E-state index is -3.10. The van der Waals surface area contributed by atoms with Gasteiger partial charge < -0.3 is 4.98 Å². The van der Waals surface area contributed by atoms with E-state index in [1.807, 2.05) is 12.1 Å². The van der Waals surface area contributed by atoms with Crippen molar-refractivity contribution in [3.05, 3.63) is 60.2 Å². The molecule has 2 aromatic carbocycles. The zero-order valence-electron chi connectivity index (χ0n) is 14.9.